The van der Waals surface area contributed by atoms with Gasteiger partial charge in [-0.05, 0) is 12.5 Å². The van der Waals surface area contributed by atoms with E-state index in [1.807, 2.05) is 0 Å². The van der Waals surface area contributed by atoms with Crippen LogP contribution in [-0.4, -0.2) is 65.4 Å². The van der Waals surface area contributed by atoms with Gasteiger partial charge in [0, 0.05) is 12.0 Å². The summed E-state index contributed by atoms with van der Waals surface area (Å²) in [5, 5.41) is 11.0. The summed E-state index contributed by atoms with van der Waals surface area (Å²) in [6.45, 7) is 1.63. The largest absolute Gasteiger partial charge is 0.477 e. The third kappa shape index (κ3) is 3.05. The number of carboxylic acid groups (broad SMARTS) is 1. The molecule has 2 heterocycles. The number of aliphatic carboxylic acids is 1. The third-order valence-electron chi connectivity index (χ3n) is 3.07. The number of β-lactam (4-membered cyclic amide) rings is 1. The first-order valence-corrected chi connectivity index (χ1v) is 9.07. The topological polar surface area (TPSA) is 121 Å². The van der Waals surface area contributed by atoms with E-state index in [4.69, 9.17) is 5.11 Å². The molecule has 0 bridgehead atoms. The van der Waals surface area contributed by atoms with E-state index < -0.39 is 44.8 Å². The summed E-state index contributed by atoms with van der Waals surface area (Å²) < 4.78 is 22.1. The lowest BCUT2D eigenvalue weighted by Gasteiger charge is -2.49. The van der Waals surface area contributed by atoms with Crippen molar-refractivity contribution in [2.45, 2.75) is 18.3 Å². The smallest absolute Gasteiger partial charge is 0.352 e. The molecule has 2 rings (SSSR count). The van der Waals surface area contributed by atoms with Crippen LogP contribution in [0.3, 0.4) is 0 Å². The summed E-state index contributed by atoms with van der Waals surface area (Å²) in [4.78, 5) is 35.9. The number of nitrogens with zero attached hydrogens (tertiary/aromatic N) is 1. The highest BCUT2D eigenvalue weighted by Crippen LogP contribution is 2.39. The molecule has 10 heteroatoms. The zero-order valence-electron chi connectivity index (χ0n) is 11.3. The summed E-state index contributed by atoms with van der Waals surface area (Å²) in [6, 6.07) is -0.883. The molecule has 0 aromatic heterocycles. The standard InChI is InChI=1S/C11H14N2O6S2/c1-5-3-20-10-7(12-6(14)4-21(2,18)19)9(15)13(10)8(5)11(16)17/h7,10H,3-4H2,1-2H3,(H,12,14)(H,16,17)/t7?,10-/m1/s1. The predicted molar refractivity (Wildman–Crippen MR) is 75.1 cm³/mol. The number of amides is 2. The molecule has 0 aromatic rings. The maximum absolute atomic E-state index is 12.0. The molecule has 0 aromatic carbocycles. The van der Waals surface area contributed by atoms with Gasteiger partial charge in [-0.3, -0.25) is 14.5 Å². The van der Waals surface area contributed by atoms with Gasteiger partial charge in [0.2, 0.25) is 5.91 Å². The van der Waals surface area contributed by atoms with Crippen molar-refractivity contribution in [2.75, 3.05) is 17.8 Å². The Labute approximate surface area is 125 Å². The fourth-order valence-corrected chi connectivity index (χ4v) is 4.08. The molecule has 116 valence electrons. The van der Waals surface area contributed by atoms with Crippen molar-refractivity contribution in [2.24, 2.45) is 0 Å². The van der Waals surface area contributed by atoms with Crippen LogP contribution in [0.4, 0.5) is 0 Å². The maximum Gasteiger partial charge on any atom is 0.352 e. The molecule has 21 heavy (non-hydrogen) atoms. The Morgan fingerprint density at radius 1 is 1.48 bits per heavy atom. The number of hydrogen-bond acceptors (Lipinski definition) is 6. The highest BCUT2D eigenvalue weighted by molar-refractivity contribution is 8.00. The zero-order valence-corrected chi connectivity index (χ0v) is 13.0. The Bertz CT molecular complexity index is 654. The molecule has 1 fully saturated rings. The lowest BCUT2D eigenvalue weighted by Crippen LogP contribution is -2.70. The molecule has 1 unspecified atom stereocenters. The lowest BCUT2D eigenvalue weighted by molar-refractivity contribution is -0.150. The SMILES string of the molecule is CC1=C(C(=O)O)N2C(=O)C(NC(=O)CS(C)(=O)=O)[C@H]2SC1. The van der Waals surface area contributed by atoms with Gasteiger partial charge in [0.1, 0.15) is 22.9 Å². The fraction of sp³-hybridized carbons (Fsp3) is 0.545. The van der Waals surface area contributed by atoms with Crippen molar-refractivity contribution in [3.05, 3.63) is 11.3 Å². The van der Waals surface area contributed by atoms with Crippen LogP contribution in [0.1, 0.15) is 6.92 Å². The highest BCUT2D eigenvalue weighted by Gasteiger charge is 2.53. The van der Waals surface area contributed by atoms with E-state index in [-0.39, 0.29) is 5.70 Å². The van der Waals surface area contributed by atoms with Crippen LogP contribution in [0.2, 0.25) is 0 Å². The van der Waals surface area contributed by atoms with Gasteiger partial charge in [0.25, 0.3) is 5.91 Å². The van der Waals surface area contributed by atoms with Gasteiger partial charge in [0.15, 0.2) is 9.84 Å². The van der Waals surface area contributed by atoms with Crippen molar-refractivity contribution in [3.8, 4) is 0 Å². The minimum atomic E-state index is -3.48. The summed E-state index contributed by atoms with van der Waals surface area (Å²) in [6.07, 6.45) is 0.922. The maximum atomic E-state index is 12.0. The van der Waals surface area contributed by atoms with E-state index in [9.17, 15) is 22.8 Å². The number of rotatable bonds is 4. The summed E-state index contributed by atoms with van der Waals surface area (Å²) in [5.74, 6) is -2.75. The van der Waals surface area contributed by atoms with E-state index in [1.165, 1.54) is 11.8 Å². The number of carboxylic acids is 1. The Balaban J connectivity index is 2.11. The summed E-state index contributed by atoms with van der Waals surface area (Å²) in [5.41, 5.74) is 0.523. The number of carbonyl (C=O) groups excluding carboxylic acids is 2. The molecule has 2 aliphatic rings. The summed E-state index contributed by atoms with van der Waals surface area (Å²) in [7, 11) is -3.48. The number of hydrogen-bond donors (Lipinski definition) is 2. The molecule has 2 N–H and O–H groups in total. The molecule has 2 aliphatic heterocycles. The second-order valence-electron chi connectivity index (χ2n) is 4.96. The van der Waals surface area contributed by atoms with Gasteiger partial charge < -0.3 is 10.4 Å². The van der Waals surface area contributed by atoms with Crippen LogP contribution in [0.5, 0.6) is 0 Å². The van der Waals surface area contributed by atoms with E-state index >= 15 is 0 Å². The zero-order chi connectivity index (χ0) is 15.9. The third-order valence-corrected chi connectivity index (χ3v) is 5.28. The number of carbonyl (C=O) groups is 3. The Kier molecular flexibility index (Phi) is 4.02. The second kappa shape index (κ2) is 5.34. The van der Waals surface area contributed by atoms with E-state index in [0.29, 0.717) is 11.3 Å². The normalized spacial score (nSPS) is 25.2. The number of fused-ring (bicyclic) bond motifs is 1. The van der Waals surface area contributed by atoms with Crippen LogP contribution in [0.25, 0.3) is 0 Å². The van der Waals surface area contributed by atoms with Crippen LogP contribution < -0.4 is 5.32 Å². The van der Waals surface area contributed by atoms with Crippen molar-refractivity contribution in [1.29, 1.82) is 0 Å². The molecule has 1 saturated heterocycles. The van der Waals surface area contributed by atoms with Crippen LogP contribution in [0, 0.1) is 0 Å². The molecular weight excluding hydrogens is 320 g/mol. The molecule has 0 aliphatic carbocycles. The van der Waals surface area contributed by atoms with Crippen LogP contribution in [-0.2, 0) is 24.2 Å². The number of nitrogens with one attached hydrogen (secondary N) is 1. The monoisotopic (exact) mass is 334 g/mol. The average molecular weight is 334 g/mol. The molecule has 0 saturated carbocycles. The van der Waals surface area contributed by atoms with Gasteiger partial charge in [-0.2, -0.15) is 0 Å². The van der Waals surface area contributed by atoms with Crippen LogP contribution >= 0.6 is 11.8 Å². The fourth-order valence-electron chi connectivity index (χ4n) is 2.23. The van der Waals surface area contributed by atoms with Crippen LogP contribution in [0.15, 0.2) is 11.3 Å². The molecule has 2 atom stereocenters. The first kappa shape index (κ1) is 15.8. The molecule has 0 spiro atoms. The number of sulfone groups is 1. The van der Waals surface area contributed by atoms with Gasteiger partial charge in [-0.25, -0.2) is 13.2 Å². The molecule has 0 radical (unpaired) electrons. The Hall–Kier alpha value is -1.55. The van der Waals surface area contributed by atoms with E-state index in [2.05, 4.69) is 5.32 Å². The minimum absolute atomic E-state index is 0.0580. The second-order valence-corrected chi connectivity index (χ2v) is 8.20. The molecule has 2 amide bonds. The minimum Gasteiger partial charge on any atom is -0.477 e. The average Bonchev–Trinajstić information content (AvgIpc) is 2.33. The Morgan fingerprint density at radius 2 is 2.10 bits per heavy atom. The first-order chi connectivity index (χ1) is 9.61. The van der Waals surface area contributed by atoms with Gasteiger partial charge >= 0.3 is 5.97 Å². The quantitative estimate of drug-likeness (QED) is 0.619. The van der Waals surface area contributed by atoms with E-state index in [0.717, 1.165) is 11.2 Å². The van der Waals surface area contributed by atoms with Crippen molar-refractivity contribution >= 4 is 39.4 Å². The van der Waals surface area contributed by atoms with Gasteiger partial charge in [0.05, 0.1) is 0 Å². The summed E-state index contributed by atoms with van der Waals surface area (Å²) >= 11 is 1.33. The molecular formula is C11H14N2O6S2. The van der Waals surface area contributed by atoms with Crippen molar-refractivity contribution in [3.63, 3.8) is 0 Å². The highest BCUT2D eigenvalue weighted by atomic mass is 32.2. The molecule has 8 nitrogen and oxygen atoms in total. The van der Waals surface area contributed by atoms with Crippen molar-refractivity contribution < 1.29 is 27.9 Å². The first-order valence-electron chi connectivity index (χ1n) is 5.96. The van der Waals surface area contributed by atoms with E-state index in [1.54, 1.807) is 6.92 Å². The van der Waals surface area contributed by atoms with Crippen molar-refractivity contribution in [1.82, 2.24) is 10.2 Å². The lowest BCUT2D eigenvalue weighted by atomic mass is 10.0. The Morgan fingerprint density at radius 3 is 2.62 bits per heavy atom. The van der Waals surface area contributed by atoms with Gasteiger partial charge in [-0.1, -0.05) is 0 Å². The number of thioether (sulfide) groups is 1. The predicted octanol–water partition coefficient (Wildman–Crippen LogP) is -1.21. The van der Waals surface area contributed by atoms with Gasteiger partial charge in [-0.15, -0.1) is 11.8 Å².